The third-order valence-electron chi connectivity index (χ3n) is 4.62. The Kier molecular flexibility index (Phi) is 8.55. The number of methoxy groups -OCH3 is 1. The molecule has 0 radical (unpaired) electrons. The Balaban J connectivity index is 1.60. The molecule has 0 aliphatic carbocycles. The minimum Gasteiger partial charge on any atom is -0.496 e. The number of nitrogens with two attached hydrogens (primary N) is 1. The minimum absolute atomic E-state index is 0.397. The Bertz CT molecular complexity index is 1020. The molecule has 0 heterocycles. The molecule has 0 unspecified atom stereocenters. The van der Waals surface area contributed by atoms with Crippen LogP contribution in [-0.4, -0.2) is 18.5 Å². The molecule has 0 atom stereocenters. The van der Waals surface area contributed by atoms with E-state index in [0.29, 0.717) is 11.8 Å². The van der Waals surface area contributed by atoms with E-state index in [1.54, 1.807) is 13.3 Å². The summed E-state index contributed by atoms with van der Waals surface area (Å²) in [5, 5.41) is 8.63. The van der Waals surface area contributed by atoms with E-state index in [9.17, 15) is 0 Å². The van der Waals surface area contributed by atoms with Gasteiger partial charge in [0, 0.05) is 11.3 Å². The summed E-state index contributed by atoms with van der Waals surface area (Å²) >= 11 is 1.46. The van der Waals surface area contributed by atoms with Gasteiger partial charge < -0.3 is 15.2 Å². The highest BCUT2D eigenvalue weighted by molar-refractivity contribution is 8.13. The Morgan fingerprint density at radius 3 is 2.48 bits per heavy atom. The number of ether oxygens (including phenoxy) is 2. The van der Waals surface area contributed by atoms with Crippen molar-refractivity contribution in [2.75, 3.05) is 7.11 Å². The van der Waals surface area contributed by atoms with Gasteiger partial charge in [0.25, 0.3) is 0 Å². The summed E-state index contributed by atoms with van der Waals surface area (Å²) in [6.45, 7) is 2.53. The zero-order chi connectivity index (χ0) is 21.9. The molecule has 3 aromatic rings. The Morgan fingerprint density at radius 1 is 1.00 bits per heavy atom. The number of amidine groups is 1. The maximum atomic E-state index is 5.95. The molecular formula is C25H27N3O2S. The zero-order valence-corrected chi connectivity index (χ0v) is 18.6. The van der Waals surface area contributed by atoms with Crippen molar-refractivity contribution < 1.29 is 9.47 Å². The standard InChI is InChI=1S/C25H27N3O2S/c1-3-19-9-12-23(13-10-19)30-17-22-15-21(11-14-24(22)29-2)16-27-28-25(26)31-18-20-7-5-4-6-8-20/h4-16H,3,17-18H2,1-2H3,(H2,26,28). The molecule has 160 valence electrons. The number of hydrogen-bond donors (Lipinski definition) is 1. The molecule has 0 aromatic heterocycles. The zero-order valence-electron chi connectivity index (χ0n) is 17.8. The van der Waals surface area contributed by atoms with E-state index in [0.717, 1.165) is 34.8 Å². The smallest absolute Gasteiger partial charge is 0.180 e. The molecule has 3 aromatic carbocycles. The van der Waals surface area contributed by atoms with Gasteiger partial charge in [0.05, 0.1) is 13.3 Å². The molecule has 2 N–H and O–H groups in total. The average Bonchev–Trinajstić information content (AvgIpc) is 2.82. The highest BCUT2D eigenvalue weighted by Gasteiger charge is 2.06. The van der Waals surface area contributed by atoms with Gasteiger partial charge in [-0.05, 0) is 53.4 Å². The topological polar surface area (TPSA) is 69.2 Å². The molecule has 0 aliphatic heterocycles. The van der Waals surface area contributed by atoms with Crippen LogP contribution in [0.1, 0.15) is 29.2 Å². The molecule has 3 rings (SSSR count). The van der Waals surface area contributed by atoms with Gasteiger partial charge >= 0.3 is 0 Å². The molecule has 31 heavy (non-hydrogen) atoms. The van der Waals surface area contributed by atoms with E-state index in [4.69, 9.17) is 15.2 Å². The maximum absolute atomic E-state index is 5.95. The maximum Gasteiger partial charge on any atom is 0.180 e. The van der Waals surface area contributed by atoms with Gasteiger partial charge in [-0.3, -0.25) is 0 Å². The number of rotatable bonds is 9. The van der Waals surface area contributed by atoms with Crippen molar-refractivity contribution in [3.8, 4) is 11.5 Å². The Labute approximate surface area is 188 Å². The second-order valence-electron chi connectivity index (χ2n) is 6.81. The van der Waals surface area contributed by atoms with Gasteiger partial charge in [-0.1, -0.05) is 61.2 Å². The number of benzene rings is 3. The van der Waals surface area contributed by atoms with E-state index in [2.05, 4.69) is 41.4 Å². The second-order valence-corrected chi connectivity index (χ2v) is 7.81. The van der Waals surface area contributed by atoms with Crippen LogP contribution in [0.15, 0.2) is 83.0 Å². The highest BCUT2D eigenvalue weighted by atomic mass is 32.2. The predicted molar refractivity (Wildman–Crippen MR) is 130 cm³/mol. The molecule has 0 saturated carbocycles. The van der Waals surface area contributed by atoms with E-state index in [1.165, 1.54) is 22.9 Å². The second kappa shape index (κ2) is 11.8. The summed E-state index contributed by atoms with van der Waals surface area (Å²) in [4.78, 5) is 0. The lowest BCUT2D eigenvalue weighted by Gasteiger charge is -2.11. The van der Waals surface area contributed by atoms with Gasteiger partial charge in [0.2, 0.25) is 0 Å². The van der Waals surface area contributed by atoms with Gasteiger partial charge in [0.1, 0.15) is 18.1 Å². The molecule has 5 nitrogen and oxygen atoms in total. The van der Waals surface area contributed by atoms with E-state index in [-0.39, 0.29) is 0 Å². The van der Waals surface area contributed by atoms with Crippen LogP contribution >= 0.6 is 11.8 Å². The minimum atomic E-state index is 0.397. The van der Waals surface area contributed by atoms with Crippen molar-refractivity contribution in [1.29, 1.82) is 0 Å². The lowest BCUT2D eigenvalue weighted by Crippen LogP contribution is -2.06. The van der Waals surface area contributed by atoms with Crippen LogP contribution in [-0.2, 0) is 18.8 Å². The molecule has 6 heteroatoms. The first-order valence-electron chi connectivity index (χ1n) is 10.1. The fourth-order valence-corrected chi connectivity index (χ4v) is 3.50. The normalized spacial score (nSPS) is 11.6. The van der Waals surface area contributed by atoms with Crippen molar-refractivity contribution in [1.82, 2.24) is 0 Å². The number of aryl methyl sites for hydroxylation is 1. The lowest BCUT2D eigenvalue weighted by molar-refractivity contribution is 0.296. The fourth-order valence-electron chi connectivity index (χ4n) is 2.89. The summed E-state index contributed by atoms with van der Waals surface area (Å²) in [5.74, 6) is 2.35. The molecular weight excluding hydrogens is 406 g/mol. The SMILES string of the molecule is CCc1ccc(OCc2cc(C=NN=C(N)SCc3ccccc3)ccc2OC)cc1. The average molecular weight is 434 g/mol. The van der Waals surface area contributed by atoms with Crippen molar-refractivity contribution in [2.45, 2.75) is 25.7 Å². The third-order valence-corrected chi connectivity index (χ3v) is 5.48. The first-order chi connectivity index (χ1) is 15.2. The van der Waals surface area contributed by atoms with E-state index < -0.39 is 0 Å². The molecule has 0 bridgehead atoms. The lowest BCUT2D eigenvalue weighted by atomic mass is 10.1. The van der Waals surface area contributed by atoms with Crippen molar-refractivity contribution in [3.63, 3.8) is 0 Å². The van der Waals surface area contributed by atoms with Crippen LogP contribution in [0.4, 0.5) is 0 Å². The third kappa shape index (κ3) is 7.19. The van der Waals surface area contributed by atoms with Crippen LogP contribution in [0.5, 0.6) is 11.5 Å². The summed E-state index contributed by atoms with van der Waals surface area (Å²) in [5.41, 5.74) is 10.3. The summed E-state index contributed by atoms with van der Waals surface area (Å²) in [6, 6.07) is 24.1. The molecule has 0 spiro atoms. The number of nitrogens with zero attached hydrogens (tertiary/aromatic N) is 2. The summed E-state index contributed by atoms with van der Waals surface area (Å²) in [7, 11) is 1.65. The van der Waals surface area contributed by atoms with Gasteiger partial charge in [0.15, 0.2) is 5.17 Å². The molecule has 0 amide bonds. The number of hydrogen-bond acceptors (Lipinski definition) is 5. The van der Waals surface area contributed by atoms with Crippen molar-refractivity contribution in [2.24, 2.45) is 15.9 Å². The Morgan fingerprint density at radius 2 is 1.77 bits per heavy atom. The van der Waals surface area contributed by atoms with Gasteiger partial charge in [-0.15, -0.1) is 5.10 Å². The van der Waals surface area contributed by atoms with Crippen LogP contribution < -0.4 is 15.2 Å². The largest absolute Gasteiger partial charge is 0.496 e. The molecule has 0 saturated heterocycles. The van der Waals surface area contributed by atoms with Crippen LogP contribution in [0, 0.1) is 0 Å². The van der Waals surface area contributed by atoms with E-state index in [1.807, 2.05) is 48.5 Å². The van der Waals surface area contributed by atoms with Gasteiger partial charge in [-0.25, -0.2) is 0 Å². The fraction of sp³-hybridized carbons (Fsp3) is 0.200. The first-order valence-corrected chi connectivity index (χ1v) is 11.1. The Hall–Kier alpha value is -3.25. The van der Waals surface area contributed by atoms with Gasteiger partial charge in [-0.2, -0.15) is 5.10 Å². The molecule has 0 fully saturated rings. The molecule has 0 aliphatic rings. The first kappa shape index (κ1) is 22.4. The van der Waals surface area contributed by atoms with E-state index >= 15 is 0 Å². The van der Waals surface area contributed by atoms with Crippen LogP contribution in [0.3, 0.4) is 0 Å². The van der Waals surface area contributed by atoms with Crippen molar-refractivity contribution >= 4 is 23.1 Å². The monoisotopic (exact) mass is 433 g/mol. The summed E-state index contributed by atoms with van der Waals surface area (Å²) < 4.78 is 11.4. The summed E-state index contributed by atoms with van der Waals surface area (Å²) in [6.07, 6.45) is 2.68. The highest BCUT2D eigenvalue weighted by Crippen LogP contribution is 2.22. The van der Waals surface area contributed by atoms with Crippen molar-refractivity contribution in [3.05, 3.63) is 95.1 Å². The quantitative estimate of drug-likeness (QED) is 0.278. The predicted octanol–water partition coefficient (Wildman–Crippen LogP) is 5.42. The van der Waals surface area contributed by atoms with Crippen LogP contribution in [0.25, 0.3) is 0 Å². The van der Waals surface area contributed by atoms with Crippen LogP contribution in [0.2, 0.25) is 0 Å². The number of thioether (sulfide) groups is 1.